The predicted octanol–water partition coefficient (Wildman–Crippen LogP) is 3.82. The molecule has 4 amide bonds. The quantitative estimate of drug-likeness (QED) is 0.0798. The molecule has 0 bridgehead atoms. The van der Waals surface area contributed by atoms with E-state index in [1.54, 1.807) is 0 Å². The topological polar surface area (TPSA) is 161 Å². The summed E-state index contributed by atoms with van der Waals surface area (Å²) < 4.78 is 15.3. The van der Waals surface area contributed by atoms with E-state index in [1.165, 1.54) is 7.11 Å². The zero-order valence-electron chi connectivity index (χ0n) is 25.8. The number of amides is 4. The van der Waals surface area contributed by atoms with E-state index in [1.807, 2.05) is 13.8 Å². The smallest absolute Gasteiger partial charge is 0.328 e. The highest BCUT2D eigenvalue weighted by atomic mass is 16.5. The van der Waals surface area contributed by atoms with Crippen molar-refractivity contribution in [1.29, 1.82) is 0 Å². The van der Waals surface area contributed by atoms with Crippen LogP contribution in [0.5, 0.6) is 0 Å². The van der Waals surface area contributed by atoms with Crippen molar-refractivity contribution in [3.63, 3.8) is 0 Å². The van der Waals surface area contributed by atoms with E-state index >= 15 is 0 Å². The van der Waals surface area contributed by atoms with Crippen molar-refractivity contribution in [3.8, 4) is 0 Å². The second kappa shape index (κ2) is 24.7. The number of carbonyl (C=O) groups excluding carboxylic acids is 5. The first-order valence-corrected chi connectivity index (χ1v) is 15.2. The van der Waals surface area contributed by atoms with E-state index in [-0.39, 0.29) is 56.1 Å². The van der Waals surface area contributed by atoms with E-state index in [0.717, 1.165) is 44.9 Å². The van der Waals surface area contributed by atoms with Crippen molar-refractivity contribution in [2.75, 3.05) is 40.0 Å². The normalized spacial score (nSPS) is 12.8. The van der Waals surface area contributed by atoms with Gasteiger partial charge >= 0.3 is 30.0 Å². The molecule has 0 aliphatic carbocycles. The van der Waals surface area contributed by atoms with Crippen LogP contribution in [0.25, 0.3) is 0 Å². The fraction of sp³-hybridized carbons (Fsp3) is 0.828. The number of esters is 3. The molecule has 0 aromatic heterocycles. The third-order valence-corrected chi connectivity index (χ3v) is 6.72. The number of rotatable bonds is 23. The van der Waals surface area contributed by atoms with Crippen molar-refractivity contribution < 1.29 is 38.2 Å². The van der Waals surface area contributed by atoms with Gasteiger partial charge in [0.2, 0.25) is 0 Å². The van der Waals surface area contributed by atoms with Crippen LogP contribution in [0.15, 0.2) is 0 Å². The Balaban J connectivity index is 4.18. The van der Waals surface area contributed by atoms with E-state index in [2.05, 4.69) is 35.1 Å². The monoisotopic (exact) mass is 586 g/mol. The van der Waals surface area contributed by atoms with E-state index in [4.69, 9.17) is 14.2 Å². The summed E-state index contributed by atoms with van der Waals surface area (Å²) in [6.07, 6.45) is 8.46. The summed E-state index contributed by atoms with van der Waals surface area (Å²) in [4.78, 5) is 60.5. The molecule has 0 heterocycles. The number of methoxy groups -OCH3 is 1. The van der Waals surface area contributed by atoms with Crippen molar-refractivity contribution >= 4 is 30.0 Å². The van der Waals surface area contributed by atoms with Crippen LogP contribution in [0.2, 0.25) is 0 Å². The van der Waals surface area contributed by atoms with Crippen LogP contribution >= 0.6 is 0 Å². The number of hydrogen-bond donors (Lipinski definition) is 4. The molecule has 0 saturated carbocycles. The zero-order chi connectivity index (χ0) is 30.9. The van der Waals surface area contributed by atoms with Crippen molar-refractivity contribution in [2.45, 2.75) is 104 Å². The summed E-state index contributed by atoms with van der Waals surface area (Å²) in [5, 5.41) is 10.5. The Morgan fingerprint density at radius 2 is 1.07 bits per heavy atom. The number of ether oxygens (including phenoxy) is 3. The van der Waals surface area contributed by atoms with Crippen LogP contribution in [-0.4, -0.2) is 76.0 Å². The molecule has 0 rings (SSSR count). The average molecular weight is 587 g/mol. The van der Waals surface area contributed by atoms with Gasteiger partial charge in [-0.15, -0.1) is 0 Å². The van der Waals surface area contributed by atoms with Gasteiger partial charge in [0.05, 0.1) is 32.0 Å². The largest absolute Gasteiger partial charge is 0.467 e. The average Bonchev–Trinajstić information content (AvgIpc) is 2.97. The van der Waals surface area contributed by atoms with E-state index in [0.29, 0.717) is 32.2 Å². The van der Waals surface area contributed by atoms with Gasteiger partial charge in [0.1, 0.15) is 19.3 Å². The number of nitrogens with one attached hydrogen (secondary N) is 4. The summed E-state index contributed by atoms with van der Waals surface area (Å²) in [7, 11) is 1.24. The molecule has 41 heavy (non-hydrogen) atoms. The van der Waals surface area contributed by atoms with Gasteiger partial charge in [-0.2, -0.15) is 0 Å². The maximum Gasteiger partial charge on any atom is 0.328 e. The van der Waals surface area contributed by atoms with Gasteiger partial charge in [0.15, 0.2) is 0 Å². The fourth-order valence-electron chi connectivity index (χ4n) is 4.08. The van der Waals surface area contributed by atoms with Crippen LogP contribution in [0.1, 0.15) is 98.3 Å². The minimum Gasteiger partial charge on any atom is -0.467 e. The van der Waals surface area contributed by atoms with Crippen LogP contribution in [-0.2, 0) is 28.6 Å². The third kappa shape index (κ3) is 18.8. The van der Waals surface area contributed by atoms with Crippen LogP contribution in [0.4, 0.5) is 9.59 Å². The lowest BCUT2D eigenvalue weighted by atomic mass is 10.00. The summed E-state index contributed by atoms with van der Waals surface area (Å²) in [5.74, 6) is -1.29. The van der Waals surface area contributed by atoms with Gasteiger partial charge in [-0.05, 0) is 44.9 Å². The maximum atomic E-state index is 12.2. The molecule has 0 saturated heterocycles. The molecule has 0 spiro atoms. The van der Waals surface area contributed by atoms with Gasteiger partial charge in [0.25, 0.3) is 0 Å². The lowest BCUT2D eigenvalue weighted by molar-refractivity contribution is -0.149. The van der Waals surface area contributed by atoms with E-state index < -0.39 is 18.0 Å². The van der Waals surface area contributed by atoms with E-state index in [9.17, 15) is 24.0 Å². The van der Waals surface area contributed by atoms with Crippen LogP contribution < -0.4 is 21.3 Å². The molecule has 0 fully saturated rings. The molecular weight excluding hydrogens is 532 g/mol. The second-order valence-corrected chi connectivity index (χ2v) is 9.98. The zero-order valence-corrected chi connectivity index (χ0v) is 25.8. The molecule has 4 N–H and O–H groups in total. The number of urea groups is 2. The Morgan fingerprint density at radius 3 is 1.54 bits per heavy atom. The highest BCUT2D eigenvalue weighted by Crippen LogP contribution is 2.15. The molecular formula is C29H54N4O8. The van der Waals surface area contributed by atoms with Gasteiger partial charge in [-0.25, -0.2) is 14.4 Å². The molecule has 0 aliphatic rings. The predicted molar refractivity (Wildman–Crippen MR) is 156 cm³/mol. The third-order valence-electron chi connectivity index (χ3n) is 6.72. The summed E-state index contributed by atoms with van der Waals surface area (Å²) in [5.41, 5.74) is 0. The SMILES string of the molecule is CCCCC(CC)C(=O)OCCNC(=O)NCCCCC(NC(=O)NCCOC(=O)C(CC)CCCC)C(=O)OC. The first-order chi connectivity index (χ1) is 19.7. The Bertz CT molecular complexity index is 765. The fourth-order valence-corrected chi connectivity index (χ4v) is 4.08. The molecule has 0 radical (unpaired) electrons. The first kappa shape index (κ1) is 38.0. The molecule has 12 nitrogen and oxygen atoms in total. The minimum atomic E-state index is -0.853. The lowest BCUT2D eigenvalue weighted by Crippen LogP contribution is -2.47. The Kier molecular flexibility index (Phi) is 22.9. The second-order valence-electron chi connectivity index (χ2n) is 9.98. The van der Waals surface area contributed by atoms with Crippen molar-refractivity contribution in [2.24, 2.45) is 11.8 Å². The highest BCUT2D eigenvalue weighted by Gasteiger charge is 2.22. The molecule has 3 unspecified atom stereocenters. The number of hydrogen-bond acceptors (Lipinski definition) is 8. The molecule has 0 aromatic carbocycles. The summed E-state index contributed by atoms with van der Waals surface area (Å²) in [6, 6.07) is -1.80. The molecule has 0 aliphatic heterocycles. The standard InChI is InChI=1S/C29H54N4O8/c1-6-10-14-22(8-3)25(34)40-20-18-31-28(37)30-17-13-12-16-24(27(36)39-5)33-29(38)32-19-21-41-26(35)23(9-4)15-11-7-2/h22-24H,6-21H2,1-5H3,(H2,30,31,37)(H2,32,33,38). The maximum absolute atomic E-state index is 12.2. The minimum absolute atomic E-state index is 0.0478. The molecule has 3 atom stereocenters. The Labute approximate surface area is 245 Å². The van der Waals surface area contributed by atoms with Crippen molar-refractivity contribution in [3.05, 3.63) is 0 Å². The lowest BCUT2D eigenvalue weighted by Gasteiger charge is -2.17. The van der Waals surface area contributed by atoms with Gasteiger partial charge in [-0.3, -0.25) is 9.59 Å². The number of unbranched alkanes of at least 4 members (excludes halogenated alkanes) is 3. The van der Waals surface area contributed by atoms with Crippen LogP contribution in [0, 0.1) is 11.8 Å². The van der Waals surface area contributed by atoms with Gasteiger partial charge < -0.3 is 35.5 Å². The Morgan fingerprint density at radius 1 is 0.585 bits per heavy atom. The number of carbonyl (C=O) groups is 5. The van der Waals surface area contributed by atoms with Crippen LogP contribution in [0.3, 0.4) is 0 Å². The van der Waals surface area contributed by atoms with Crippen molar-refractivity contribution in [1.82, 2.24) is 21.3 Å². The first-order valence-electron chi connectivity index (χ1n) is 15.2. The van der Waals surface area contributed by atoms with Gasteiger partial charge in [-0.1, -0.05) is 53.4 Å². The van der Waals surface area contributed by atoms with Gasteiger partial charge in [0, 0.05) is 6.54 Å². The summed E-state index contributed by atoms with van der Waals surface area (Å²) >= 11 is 0. The molecule has 12 heteroatoms. The summed E-state index contributed by atoms with van der Waals surface area (Å²) in [6.45, 7) is 8.91. The molecule has 0 aromatic rings. The Hall–Kier alpha value is -3.05. The molecule has 238 valence electrons. The highest BCUT2D eigenvalue weighted by molar-refractivity contribution is 5.83.